The molecule has 3 aromatic heterocycles. The number of nitrogens with one attached hydrogen (secondary N) is 2. The van der Waals surface area contributed by atoms with E-state index in [0.29, 0.717) is 29.5 Å². The van der Waals surface area contributed by atoms with Crippen molar-refractivity contribution >= 4 is 23.2 Å². The van der Waals surface area contributed by atoms with Crippen molar-refractivity contribution in [2.24, 2.45) is 5.92 Å². The van der Waals surface area contributed by atoms with Crippen molar-refractivity contribution in [3.05, 3.63) is 90.0 Å². The summed E-state index contributed by atoms with van der Waals surface area (Å²) in [6, 6.07) is 17.3. The van der Waals surface area contributed by atoms with Gasteiger partial charge in [-0.25, -0.2) is 9.97 Å². The Kier molecular flexibility index (Phi) is 7.97. The summed E-state index contributed by atoms with van der Waals surface area (Å²) < 4.78 is 0. The highest BCUT2D eigenvalue weighted by molar-refractivity contribution is 5.96. The van der Waals surface area contributed by atoms with E-state index in [4.69, 9.17) is 4.98 Å². The second kappa shape index (κ2) is 12.3. The molecule has 0 unspecified atom stereocenters. The number of hydrogen-bond donors (Lipinski definition) is 3. The van der Waals surface area contributed by atoms with Crippen molar-refractivity contribution in [2.45, 2.75) is 57.1 Å². The van der Waals surface area contributed by atoms with Crippen LogP contribution in [-0.2, 0) is 0 Å². The normalized spacial score (nSPS) is 18.2. The van der Waals surface area contributed by atoms with Gasteiger partial charge < -0.3 is 15.7 Å². The number of carbonyl (C=O) groups excluding carboxylic acids is 1. The number of anilines is 3. The predicted molar refractivity (Wildman–Crippen MR) is 159 cm³/mol. The second-order valence-electron chi connectivity index (χ2n) is 10.8. The SMILES string of the molecule is O=C(CC1CC1)c1ccnc(C#Cc2ccc(Nc3ncc(-c4ccccn4)c(NC4CCC(O)CC4)n3)cc2)c1. The minimum Gasteiger partial charge on any atom is -0.393 e. The molecule has 0 aliphatic heterocycles. The number of ketones is 1. The van der Waals surface area contributed by atoms with Crippen molar-refractivity contribution in [2.75, 3.05) is 10.6 Å². The number of rotatable bonds is 8. The van der Waals surface area contributed by atoms with Crippen LogP contribution in [0.2, 0.25) is 0 Å². The third kappa shape index (κ3) is 7.13. The van der Waals surface area contributed by atoms with Crippen molar-refractivity contribution in [1.29, 1.82) is 0 Å². The number of nitrogens with zero attached hydrogens (tertiary/aromatic N) is 4. The lowest BCUT2D eigenvalue weighted by molar-refractivity contribution is 0.0976. The molecule has 41 heavy (non-hydrogen) atoms. The summed E-state index contributed by atoms with van der Waals surface area (Å²) in [7, 11) is 0. The van der Waals surface area contributed by atoms with Gasteiger partial charge in [-0.05, 0) is 98.9 Å². The molecule has 4 aromatic rings. The first-order chi connectivity index (χ1) is 20.1. The van der Waals surface area contributed by atoms with E-state index in [1.54, 1.807) is 30.7 Å². The molecule has 1 aromatic carbocycles. The monoisotopic (exact) mass is 544 g/mol. The number of aromatic nitrogens is 4. The third-order valence-electron chi connectivity index (χ3n) is 7.50. The number of hydrogen-bond acceptors (Lipinski definition) is 8. The lowest BCUT2D eigenvalue weighted by Gasteiger charge is -2.27. The number of carbonyl (C=O) groups is 1. The summed E-state index contributed by atoms with van der Waals surface area (Å²) in [6.45, 7) is 0. The maximum Gasteiger partial charge on any atom is 0.229 e. The van der Waals surface area contributed by atoms with E-state index in [1.165, 1.54) is 0 Å². The molecule has 6 rings (SSSR count). The first-order valence-corrected chi connectivity index (χ1v) is 14.2. The molecule has 0 atom stereocenters. The van der Waals surface area contributed by atoms with E-state index < -0.39 is 0 Å². The van der Waals surface area contributed by atoms with Gasteiger partial charge in [-0.2, -0.15) is 4.98 Å². The first kappa shape index (κ1) is 26.6. The van der Waals surface area contributed by atoms with Gasteiger partial charge >= 0.3 is 0 Å². The Bertz CT molecular complexity index is 1570. The van der Waals surface area contributed by atoms with Crippen LogP contribution in [0.25, 0.3) is 11.3 Å². The first-order valence-electron chi connectivity index (χ1n) is 14.2. The van der Waals surface area contributed by atoms with Crippen LogP contribution in [0.1, 0.15) is 66.6 Å². The molecular formula is C33H32N6O2. The summed E-state index contributed by atoms with van der Waals surface area (Å²) in [5.74, 6) is 8.12. The maximum absolute atomic E-state index is 12.4. The van der Waals surface area contributed by atoms with Gasteiger partial charge in [0.25, 0.3) is 0 Å². The highest BCUT2D eigenvalue weighted by Crippen LogP contribution is 2.33. The van der Waals surface area contributed by atoms with E-state index in [9.17, 15) is 9.90 Å². The van der Waals surface area contributed by atoms with E-state index in [1.807, 2.05) is 42.5 Å². The van der Waals surface area contributed by atoms with Gasteiger partial charge in [0, 0.05) is 47.9 Å². The number of aliphatic hydroxyl groups is 1. The molecule has 0 bridgehead atoms. The molecule has 206 valence electrons. The van der Waals surface area contributed by atoms with Crippen LogP contribution in [0, 0.1) is 17.8 Å². The standard InChI is InChI=1S/C33H32N6O2/c40-28-14-12-25(13-15-28)37-32-29(30-3-1-2-17-35-30)21-36-33(39-32)38-26-9-6-22(7-10-26)8-11-27-20-24(16-18-34-27)31(41)19-23-4-5-23/h1-3,6-7,9-10,16-18,20-21,23,25,28,40H,4-5,12-15,19H2,(H2,36,37,38,39). The van der Waals surface area contributed by atoms with Crippen LogP contribution in [0.4, 0.5) is 17.5 Å². The van der Waals surface area contributed by atoms with E-state index >= 15 is 0 Å². The Morgan fingerprint density at radius 3 is 2.49 bits per heavy atom. The largest absolute Gasteiger partial charge is 0.393 e. The fraction of sp³-hybridized carbons (Fsp3) is 0.303. The van der Waals surface area contributed by atoms with E-state index in [0.717, 1.165) is 66.9 Å². The van der Waals surface area contributed by atoms with Crippen LogP contribution in [0.15, 0.2) is 73.2 Å². The average Bonchev–Trinajstić information content (AvgIpc) is 3.83. The molecule has 2 saturated carbocycles. The summed E-state index contributed by atoms with van der Waals surface area (Å²) in [6.07, 6.45) is 11.2. The molecule has 8 heteroatoms. The van der Waals surface area contributed by atoms with E-state index in [2.05, 4.69) is 37.4 Å². The molecule has 2 aliphatic carbocycles. The predicted octanol–water partition coefficient (Wildman–Crippen LogP) is 5.78. The lowest BCUT2D eigenvalue weighted by atomic mass is 9.93. The van der Waals surface area contributed by atoms with Crippen molar-refractivity contribution in [3.63, 3.8) is 0 Å². The Morgan fingerprint density at radius 1 is 0.902 bits per heavy atom. The Morgan fingerprint density at radius 2 is 1.73 bits per heavy atom. The summed E-state index contributed by atoms with van der Waals surface area (Å²) in [4.78, 5) is 30.6. The van der Waals surface area contributed by atoms with Gasteiger partial charge in [-0.15, -0.1) is 0 Å². The molecule has 0 amide bonds. The topological polar surface area (TPSA) is 113 Å². The van der Waals surface area contributed by atoms with Gasteiger partial charge in [0.2, 0.25) is 5.95 Å². The van der Waals surface area contributed by atoms with Gasteiger partial charge in [0.1, 0.15) is 11.5 Å². The van der Waals surface area contributed by atoms with Crippen LogP contribution in [-0.4, -0.2) is 43.0 Å². The van der Waals surface area contributed by atoms with Gasteiger partial charge in [-0.1, -0.05) is 12.0 Å². The van der Waals surface area contributed by atoms with Crippen molar-refractivity contribution < 1.29 is 9.90 Å². The minimum atomic E-state index is -0.221. The molecule has 8 nitrogen and oxygen atoms in total. The van der Waals surface area contributed by atoms with Crippen molar-refractivity contribution in [3.8, 4) is 23.1 Å². The average molecular weight is 545 g/mol. The molecule has 0 radical (unpaired) electrons. The van der Waals surface area contributed by atoms with Gasteiger partial charge in [0.15, 0.2) is 5.78 Å². The molecule has 2 aliphatic rings. The number of pyridine rings is 2. The highest BCUT2D eigenvalue weighted by atomic mass is 16.3. The second-order valence-corrected chi connectivity index (χ2v) is 10.8. The zero-order chi connectivity index (χ0) is 28.0. The van der Waals surface area contributed by atoms with Crippen LogP contribution < -0.4 is 10.6 Å². The number of Topliss-reactive ketones (excluding diaryl/α,β-unsaturated/α-hetero) is 1. The quantitative estimate of drug-likeness (QED) is 0.189. The zero-order valence-electron chi connectivity index (χ0n) is 22.8. The molecule has 3 heterocycles. The van der Waals surface area contributed by atoms with Crippen LogP contribution in [0.5, 0.6) is 0 Å². The zero-order valence-corrected chi connectivity index (χ0v) is 22.8. The fourth-order valence-electron chi connectivity index (χ4n) is 4.95. The minimum absolute atomic E-state index is 0.166. The number of benzene rings is 1. The summed E-state index contributed by atoms with van der Waals surface area (Å²) >= 11 is 0. The smallest absolute Gasteiger partial charge is 0.229 e. The van der Waals surface area contributed by atoms with Gasteiger partial charge in [-0.3, -0.25) is 9.78 Å². The Labute approximate surface area is 239 Å². The van der Waals surface area contributed by atoms with Gasteiger partial charge in [0.05, 0.1) is 17.4 Å². The maximum atomic E-state index is 12.4. The number of aliphatic hydroxyl groups excluding tert-OH is 1. The molecule has 0 spiro atoms. The van der Waals surface area contributed by atoms with E-state index in [-0.39, 0.29) is 17.9 Å². The lowest BCUT2D eigenvalue weighted by Crippen LogP contribution is -2.29. The summed E-state index contributed by atoms with van der Waals surface area (Å²) in [5, 5.41) is 16.8. The van der Waals surface area contributed by atoms with Crippen molar-refractivity contribution in [1.82, 2.24) is 19.9 Å². The third-order valence-corrected chi connectivity index (χ3v) is 7.50. The molecule has 2 fully saturated rings. The molecule has 3 N–H and O–H groups in total. The highest BCUT2D eigenvalue weighted by Gasteiger charge is 2.25. The molecular weight excluding hydrogens is 512 g/mol. The Balaban J connectivity index is 1.15. The summed E-state index contributed by atoms with van der Waals surface area (Å²) in [5.41, 5.74) is 4.56. The van der Waals surface area contributed by atoms with Crippen LogP contribution >= 0.6 is 0 Å². The molecule has 0 saturated heterocycles. The Hall–Kier alpha value is -4.61. The van der Waals surface area contributed by atoms with Crippen LogP contribution in [0.3, 0.4) is 0 Å². The fourth-order valence-corrected chi connectivity index (χ4v) is 4.95.